The average molecular weight is 337 g/mol. The summed E-state index contributed by atoms with van der Waals surface area (Å²) in [6.07, 6.45) is -1.01. The molecule has 8 heteroatoms. The molecule has 23 heavy (non-hydrogen) atoms. The van der Waals surface area contributed by atoms with Gasteiger partial charge in [0.2, 0.25) is 0 Å². The van der Waals surface area contributed by atoms with Crippen LogP contribution in [-0.2, 0) is 16.9 Å². The number of para-hydroxylation sites is 1. The molecule has 7 nitrogen and oxygen atoms in total. The second-order valence-corrected chi connectivity index (χ2v) is 7.99. The Balaban J connectivity index is 2.01. The van der Waals surface area contributed by atoms with Gasteiger partial charge >= 0.3 is 0 Å². The number of nitrogens with zero attached hydrogens (tertiary/aromatic N) is 2. The summed E-state index contributed by atoms with van der Waals surface area (Å²) in [6.45, 7) is 1.78. The molecular weight excluding hydrogens is 318 g/mol. The van der Waals surface area contributed by atoms with Crippen LogP contribution >= 0.6 is 0 Å². The summed E-state index contributed by atoms with van der Waals surface area (Å²) >= 11 is 0. The van der Waals surface area contributed by atoms with Crippen LogP contribution < -0.4 is 10.9 Å². The molecule has 2 aromatic rings. The number of hydrogen-bond acceptors (Lipinski definition) is 5. The van der Waals surface area contributed by atoms with Gasteiger partial charge in [-0.1, -0.05) is 18.2 Å². The van der Waals surface area contributed by atoms with E-state index >= 15 is 0 Å². The van der Waals surface area contributed by atoms with Gasteiger partial charge in [0.05, 0.1) is 35.0 Å². The smallest absolute Gasteiger partial charge is 0.295 e. The molecule has 0 aliphatic carbocycles. The lowest BCUT2D eigenvalue weighted by Gasteiger charge is -2.14. The molecule has 0 amide bonds. The van der Waals surface area contributed by atoms with Crippen molar-refractivity contribution in [1.29, 1.82) is 0 Å². The third-order valence-electron chi connectivity index (χ3n) is 4.21. The molecule has 2 N–H and O–H groups in total. The SMILES string of the molecule is Cc1c(N[C@H]2CS(=O)(=O)C[C@@H]2O)c(=O)n(-c2ccccc2)n1C. The number of anilines is 1. The molecule has 0 radical (unpaired) electrons. The summed E-state index contributed by atoms with van der Waals surface area (Å²) in [7, 11) is -1.51. The zero-order valence-corrected chi connectivity index (χ0v) is 13.7. The van der Waals surface area contributed by atoms with Crippen molar-refractivity contribution in [2.24, 2.45) is 7.05 Å². The number of rotatable bonds is 3. The highest BCUT2D eigenvalue weighted by molar-refractivity contribution is 7.91. The van der Waals surface area contributed by atoms with E-state index in [0.717, 1.165) is 5.69 Å². The number of benzene rings is 1. The van der Waals surface area contributed by atoms with E-state index < -0.39 is 22.0 Å². The molecule has 1 aromatic carbocycles. The van der Waals surface area contributed by atoms with Crippen LogP contribution in [0.5, 0.6) is 0 Å². The molecule has 1 aliphatic heterocycles. The highest BCUT2D eigenvalue weighted by atomic mass is 32.2. The van der Waals surface area contributed by atoms with Crippen LogP contribution in [0.2, 0.25) is 0 Å². The lowest BCUT2D eigenvalue weighted by molar-refractivity contribution is 0.190. The van der Waals surface area contributed by atoms with Gasteiger partial charge in [-0.2, -0.15) is 0 Å². The van der Waals surface area contributed by atoms with E-state index in [-0.39, 0.29) is 17.1 Å². The first-order valence-corrected chi connectivity index (χ1v) is 9.11. The van der Waals surface area contributed by atoms with Crippen molar-refractivity contribution in [2.45, 2.75) is 19.1 Å². The van der Waals surface area contributed by atoms with Gasteiger partial charge in [-0.15, -0.1) is 0 Å². The van der Waals surface area contributed by atoms with Crippen molar-refractivity contribution in [1.82, 2.24) is 9.36 Å². The summed E-state index contributed by atoms with van der Waals surface area (Å²) in [5, 5.41) is 12.8. The highest BCUT2D eigenvalue weighted by Gasteiger charge is 2.37. The Labute approximate surface area is 134 Å². The molecule has 1 saturated heterocycles. The first-order chi connectivity index (χ1) is 10.8. The van der Waals surface area contributed by atoms with Gasteiger partial charge in [0, 0.05) is 7.05 Å². The van der Waals surface area contributed by atoms with E-state index in [9.17, 15) is 18.3 Å². The van der Waals surface area contributed by atoms with Crippen LogP contribution in [0.15, 0.2) is 35.1 Å². The van der Waals surface area contributed by atoms with Crippen LogP contribution in [0, 0.1) is 6.92 Å². The van der Waals surface area contributed by atoms with E-state index in [1.54, 1.807) is 18.7 Å². The Kier molecular flexibility index (Phi) is 3.81. The summed E-state index contributed by atoms with van der Waals surface area (Å²) in [6, 6.07) is 8.51. The molecule has 1 aromatic heterocycles. The standard InChI is InChI=1S/C15H19N3O4S/c1-10-14(16-12-8-23(21,22)9-13(12)19)15(20)18(17(10)2)11-6-4-3-5-7-11/h3-7,12-13,16,19H,8-9H2,1-2H3/t12-,13-/m0/s1. The van der Waals surface area contributed by atoms with E-state index in [4.69, 9.17) is 0 Å². The van der Waals surface area contributed by atoms with Crippen LogP contribution in [0.4, 0.5) is 5.69 Å². The quantitative estimate of drug-likeness (QED) is 0.826. The number of hydrogen-bond donors (Lipinski definition) is 2. The fourth-order valence-electron chi connectivity index (χ4n) is 2.89. The Morgan fingerprint density at radius 3 is 2.43 bits per heavy atom. The molecule has 2 heterocycles. The molecule has 2 atom stereocenters. The van der Waals surface area contributed by atoms with Gasteiger partial charge < -0.3 is 10.4 Å². The fourth-order valence-corrected chi connectivity index (χ4v) is 4.63. The molecule has 0 unspecified atom stereocenters. The maximum atomic E-state index is 12.7. The Bertz CT molecular complexity index is 883. The molecular formula is C15H19N3O4S. The Morgan fingerprint density at radius 1 is 1.22 bits per heavy atom. The van der Waals surface area contributed by atoms with E-state index in [1.165, 1.54) is 4.68 Å². The third-order valence-corrected chi connectivity index (χ3v) is 5.92. The Hall–Kier alpha value is -2.06. The van der Waals surface area contributed by atoms with Crippen LogP contribution in [-0.4, -0.2) is 46.5 Å². The van der Waals surface area contributed by atoms with Crippen molar-refractivity contribution in [2.75, 3.05) is 16.8 Å². The molecule has 1 aliphatic rings. The van der Waals surface area contributed by atoms with E-state index in [2.05, 4.69) is 5.32 Å². The number of aromatic nitrogens is 2. The first kappa shape index (κ1) is 15.8. The van der Waals surface area contributed by atoms with Crippen molar-refractivity contribution in [3.8, 4) is 5.69 Å². The molecule has 3 rings (SSSR count). The lowest BCUT2D eigenvalue weighted by atomic mass is 10.2. The molecule has 0 bridgehead atoms. The minimum absolute atomic E-state index is 0.173. The van der Waals surface area contributed by atoms with Gasteiger partial charge in [-0.3, -0.25) is 9.48 Å². The monoisotopic (exact) mass is 337 g/mol. The minimum Gasteiger partial charge on any atom is -0.390 e. The van der Waals surface area contributed by atoms with E-state index in [0.29, 0.717) is 11.4 Å². The topological polar surface area (TPSA) is 93.3 Å². The van der Waals surface area contributed by atoms with E-state index in [1.807, 2.05) is 30.3 Å². The van der Waals surface area contributed by atoms with Crippen LogP contribution in [0.3, 0.4) is 0 Å². The van der Waals surface area contributed by atoms with Gasteiger partial charge in [0.1, 0.15) is 5.69 Å². The summed E-state index contributed by atoms with van der Waals surface area (Å²) < 4.78 is 26.4. The lowest BCUT2D eigenvalue weighted by Crippen LogP contribution is -2.34. The second kappa shape index (κ2) is 5.54. The zero-order valence-electron chi connectivity index (χ0n) is 12.9. The normalized spacial score (nSPS) is 23.1. The van der Waals surface area contributed by atoms with Gasteiger partial charge in [0.25, 0.3) is 5.56 Å². The number of aliphatic hydroxyl groups excluding tert-OH is 1. The Morgan fingerprint density at radius 2 is 1.87 bits per heavy atom. The number of aliphatic hydroxyl groups is 1. The van der Waals surface area contributed by atoms with Crippen molar-refractivity contribution in [3.05, 3.63) is 46.4 Å². The summed E-state index contributed by atoms with van der Waals surface area (Å²) in [4.78, 5) is 12.7. The number of nitrogens with one attached hydrogen (secondary N) is 1. The van der Waals surface area contributed by atoms with Gasteiger partial charge in [-0.25, -0.2) is 13.1 Å². The van der Waals surface area contributed by atoms with Crippen LogP contribution in [0.25, 0.3) is 5.69 Å². The van der Waals surface area contributed by atoms with Crippen molar-refractivity contribution >= 4 is 15.5 Å². The maximum Gasteiger partial charge on any atom is 0.295 e. The minimum atomic E-state index is -3.27. The van der Waals surface area contributed by atoms with Gasteiger partial charge in [-0.05, 0) is 19.1 Å². The third kappa shape index (κ3) is 2.79. The predicted molar refractivity (Wildman–Crippen MR) is 87.8 cm³/mol. The molecule has 0 saturated carbocycles. The van der Waals surface area contributed by atoms with Crippen molar-refractivity contribution < 1.29 is 13.5 Å². The second-order valence-electron chi connectivity index (χ2n) is 5.83. The first-order valence-electron chi connectivity index (χ1n) is 7.29. The maximum absolute atomic E-state index is 12.7. The molecule has 124 valence electrons. The summed E-state index contributed by atoms with van der Waals surface area (Å²) in [5.74, 6) is -0.448. The summed E-state index contributed by atoms with van der Waals surface area (Å²) in [5.41, 5.74) is 1.44. The van der Waals surface area contributed by atoms with Gasteiger partial charge in [0.15, 0.2) is 9.84 Å². The highest BCUT2D eigenvalue weighted by Crippen LogP contribution is 2.20. The zero-order chi connectivity index (χ0) is 16.8. The molecule has 0 spiro atoms. The predicted octanol–water partition coefficient (Wildman–Crippen LogP) is 0.0542. The average Bonchev–Trinajstić information content (AvgIpc) is 2.87. The number of sulfone groups is 1. The van der Waals surface area contributed by atoms with Crippen LogP contribution in [0.1, 0.15) is 5.69 Å². The fraction of sp³-hybridized carbons (Fsp3) is 0.400. The molecule has 1 fully saturated rings. The van der Waals surface area contributed by atoms with Crippen molar-refractivity contribution in [3.63, 3.8) is 0 Å². The largest absolute Gasteiger partial charge is 0.390 e.